The second-order valence-corrected chi connectivity index (χ2v) is 6.23. The Kier molecular flexibility index (Phi) is 4.60. The maximum atomic E-state index is 4.90. The summed E-state index contributed by atoms with van der Waals surface area (Å²) in [6.45, 7) is 2.06. The average molecular weight is 300 g/mol. The molecular formula is C16H20N4S. The molecule has 2 aromatic heterocycles. The number of hydrogen-bond acceptors (Lipinski definition) is 4. The molecule has 0 bridgehead atoms. The van der Waals surface area contributed by atoms with Crippen LogP contribution in [0, 0.1) is 6.92 Å². The van der Waals surface area contributed by atoms with Crippen LogP contribution in [0.1, 0.15) is 43.5 Å². The van der Waals surface area contributed by atoms with Gasteiger partial charge in [0.1, 0.15) is 0 Å². The molecular weight excluding hydrogens is 280 g/mol. The third-order valence-corrected chi connectivity index (χ3v) is 4.66. The molecule has 1 saturated carbocycles. The van der Waals surface area contributed by atoms with Crippen LogP contribution >= 0.6 is 11.3 Å². The van der Waals surface area contributed by atoms with Crippen LogP contribution in [0.5, 0.6) is 0 Å². The minimum atomic E-state index is 0.466. The van der Waals surface area contributed by atoms with E-state index in [9.17, 15) is 0 Å². The zero-order chi connectivity index (χ0) is 14.5. The van der Waals surface area contributed by atoms with Gasteiger partial charge in [-0.05, 0) is 31.9 Å². The van der Waals surface area contributed by atoms with E-state index in [-0.39, 0.29) is 0 Å². The van der Waals surface area contributed by atoms with Crippen molar-refractivity contribution in [3.63, 3.8) is 0 Å². The zero-order valence-electron chi connectivity index (χ0n) is 12.3. The van der Waals surface area contributed by atoms with Gasteiger partial charge in [0, 0.05) is 11.6 Å². The lowest BCUT2D eigenvalue weighted by molar-refractivity contribution is 0.435. The fraction of sp³-hybridized carbons (Fsp3) is 0.438. The van der Waals surface area contributed by atoms with Crippen molar-refractivity contribution in [2.45, 2.75) is 45.1 Å². The first-order valence-electron chi connectivity index (χ1n) is 7.49. The van der Waals surface area contributed by atoms with Crippen LogP contribution in [-0.4, -0.2) is 21.9 Å². The average Bonchev–Trinajstić information content (AvgIpc) is 2.87. The van der Waals surface area contributed by atoms with Gasteiger partial charge in [-0.15, -0.1) is 11.3 Å². The number of thiazole rings is 1. The SMILES string of the molecule is Cc1csc(=NC2CCCCC2)n1N=Cc1ccccn1. The summed E-state index contributed by atoms with van der Waals surface area (Å²) in [6.07, 6.45) is 9.94. The molecule has 0 spiro atoms. The Hall–Kier alpha value is -1.75. The summed E-state index contributed by atoms with van der Waals surface area (Å²) in [5.41, 5.74) is 1.97. The van der Waals surface area contributed by atoms with Gasteiger partial charge in [0.2, 0.25) is 4.80 Å². The number of aromatic nitrogens is 2. The highest BCUT2D eigenvalue weighted by atomic mass is 32.1. The van der Waals surface area contributed by atoms with Gasteiger partial charge >= 0.3 is 0 Å². The topological polar surface area (TPSA) is 42.5 Å². The van der Waals surface area contributed by atoms with Crippen molar-refractivity contribution in [3.8, 4) is 0 Å². The number of nitrogens with zero attached hydrogens (tertiary/aromatic N) is 4. The van der Waals surface area contributed by atoms with Gasteiger partial charge in [0.25, 0.3) is 0 Å². The number of rotatable bonds is 3. The molecule has 0 saturated heterocycles. The second kappa shape index (κ2) is 6.80. The Bertz CT molecular complexity index is 663. The molecule has 2 aromatic rings. The molecule has 0 unspecified atom stereocenters. The van der Waals surface area contributed by atoms with E-state index in [1.807, 2.05) is 22.9 Å². The zero-order valence-corrected chi connectivity index (χ0v) is 13.1. The summed E-state index contributed by atoms with van der Waals surface area (Å²) in [6, 6.07) is 6.29. The van der Waals surface area contributed by atoms with E-state index in [2.05, 4.69) is 22.4 Å². The number of pyridine rings is 1. The van der Waals surface area contributed by atoms with Crippen LogP contribution < -0.4 is 4.80 Å². The lowest BCUT2D eigenvalue weighted by Crippen LogP contribution is -2.19. The molecule has 2 heterocycles. The Morgan fingerprint density at radius 3 is 2.90 bits per heavy atom. The molecule has 0 atom stereocenters. The van der Waals surface area contributed by atoms with E-state index < -0.39 is 0 Å². The van der Waals surface area contributed by atoms with Gasteiger partial charge in [-0.25, -0.2) is 4.68 Å². The van der Waals surface area contributed by atoms with Crippen molar-refractivity contribution in [2.24, 2.45) is 10.1 Å². The quantitative estimate of drug-likeness (QED) is 0.801. The van der Waals surface area contributed by atoms with Crippen molar-refractivity contribution in [3.05, 3.63) is 46.0 Å². The minimum Gasteiger partial charge on any atom is -0.255 e. The van der Waals surface area contributed by atoms with Crippen molar-refractivity contribution >= 4 is 17.6 Å². The smallest absolute Gasteiger partial charge is 0.206 e. The Balaban J connectivity index is 1.86. The summed E-state index contributed by atoms with van der Waals surface area (Å²) in [5.74, 6) is 0. The standard InChI is InChI=1S/C16H20N4S/c1-13-12-21-16(19-14-7-3-2-4-8-14)20(13)18-11-15-9-5-6-10-17-15/h5-6,9-12,14H,2-4,7-8H2,1H3. The second-order valence-electron chi connectivity index (χ2n) is 5.39. The molecule has 1 aliphatic carbocycles. The van der Waals surface area contributed by atoms with Crippen LogP contribution in [0.25, 0.3) is 0 Å². The molecule has 5 heteroatoms. The van der Waals surface area contributed by atoms with Gasteiger partial charge < -0.3 is 0 Å². The van der Waals surface area contributed by atoms with E-state index in [0.29, 0.717) is 6.04 Å². The van der Waals surface area contributed by atoms with Crippen molar-refractivity contribution in [1.82, 2.24) is 9.66 Å². The molecule has 0 aliphatic heterocycles. The normalized spacial score (nSPS) is 17.7. The van der Waals surface area contributed by atoms with Crippen LogP contribution in [0.3, 0.4) is 0 Å². The fourth-order valence-corrected chi connectivity index (χ4v) is 3.43. The first-order chi connectivity index (χ1) is 10.3. The van der Waals surface area contributed by atoms with E-state index in [1.165, 1.54) is 32.1 Å². The molecule has 21 heavy (non-hydrogen) atoms. The monoisotopic (exact) mass is 300 g/mol. The summed E-state index contributed by atoms with van der Waals surface area (Å²) in [5, 5.41) is 6.66. The van der Waals surface area contributed by atoms with E-state index in [1.54, 1.807) is 23.7 Å². The first-order valence-corrected chi connectivity index (χ1v) is 8.37. The number of aryl methyl sites for hydroxylation is 1. The summed E-state index contributed by atoms with van der Waals surface area (Å²) >= 11 is 1.67. The first kappa shape index (κ1) is 14.2. The molecule has 0 amide bonds. The van der Waals surface area contributed by atoms with Gasteiger partial charge in [-0.1, -0.05) is 25.3 Å². The van der Waals surface area contributed by atoms with Gasteiger partial charge in [0.15, 0.2) is 0 Å². The molecule has 1 fully saturated rings. The Morgan fingerprint density at radius 1 is 1.29 bits per heavy atom. The largest absolute Gasteiger partial charge is 0.255 e. The van der Waals surface area contributed by atoms with E-state index in [4.69, 9.17) is 4.99 Å². The molecule has 0 aromatic carbocycles. The molecule has 0 N–H and O–H groups in total. The van der Waals surface area contributed by atoms with Crippen molar-refractivity contribution < 1.29 is 0 Å². The highest BCUT2D eigenvalue weighted by Gasteiger charge is 2.12. The highest BCUT2D eigenvalue weighted by molar-refractivity contribution is 7.07. The summed E-state index contributed by atoms with van der Waals surface area (Å²) in [7, 11) is 0. The Labute approximate surface area is 128 Å². The van der Waals surface area contributed by atoms with Gasteiger partial charge in [0.05, 0.1) is 23.6 Å². The molecule has 4 nitrogen and oxygen atoms in total. The van der Waals surface area contributed by atoms with Crippen molar-refractivity contribution in [2.75, 3.05) is 0 Å². The lowest BCUT2D eigenvalue weighted by atomic mass is 9.96. The van der Waals surface area contributed by atoms with Crippen molar-refractivity contribution in [1.29, 1.82) is 0 Å². The van der Waals surface area contributed by atoms with Crippen LogP contribution in [0.2, 0.25) is 0 Å². The summed E-state index contributed by atoms with van der Waals surface area (Å²) < 4.78 is 1.92. The fourth-order valence-electron chi connectivity index (χ4n) is 2.55. The lowest BCUT2D eigenvalue weighted by Gasteiger charge is -2.16. The molecule has 0 radical (unpaired) electrons. The Morgan fingerprint density at radius 2 is 2.14 bits per heavy atom. The molecule has 1 aliphatic rings. The maximum absolute atomic E-state index is 4.90. The van der Waals surface area contributed by atoms with Gasteiger partial charge in [-0.2, -0.15) is 5.10 Å². The van der Waals surface area contributed by atoms with E-state index >= 15 is 0 Å². The molecule has 3 rings (SSSR count). The van der Waals surface area contributed by atoms with Gasteiger partial charge in [-0.3, -0.25) is 9.98 Å². The predicted octanol–water partition coefficient (Wildman–Crippen LogP) is 3.37. The van der Waals surface area contributed by atoms with E-state index in [0.717, 1.165) is 16.2 Å². The third-order valence-electron chi connectivity index (χ3n) is 3.71. The molecule has 110 valence electrons. The van der Waals surface area contributed by atoms with Crippen LogP contribution in [0.4, 0.5) is 0 Å². The highest BCUT2D eigenvalue weighted by Crippen LogP contribution is 2.19. The number of hydrogen-bond donors (Lipinski definition) is 0. The predicted molar refractivity (Wildman–Crippen MR) is 86.7 cm³/mol. The maximum Gasteiger partial charge on any atom is 0.206 e. The minimum absolute atomic E-state index is 0.466. The summed E-state index contributed by atoms with van der Waals surface area (Å²) in [4.78, 5) is 10.2. The third kappa shape index (κ3) is 3.67. The van der Waals surface area contributed by atoms with Crippen LogP contribution in [0.15, 0.2) is 39.9 Å². The van der Waals surface area contributed by atoms with Crippen LogP contribution in [-0.2, 0) is 0 Å².